The third kappa shape index (κ3) is 5.67. The highest BCUT2D eigenvalue weighted by molar-refractivity contribution is 5.85. The van der Waals surface area contributed by atoms with E-state index in [0.717, 1.165) is 37.9 Å². The van der Waals surface area contributed by atoms with E-state index in [0.29, 0.717) is 18.9 Å². The molecule has 0 aliphatic carbocycles. The van der Waals surface area contributed by atoms with Gasteiger partial charge < -0.3 is 19.7 Å². The van der Waals surface area contributed by atoms with Crippen molar-refractivity contribution in [2.24, 2.45) is 0 Å². The van der Waals surface area contributed by atoms with Crippen molar-refractivity contribution in [3.05, 3.63) is 23.8 Å². The maximum atomic E-state index is 12.7. The summed E-state index contributed by atoms with van der Waals surface area (Å²) in [6.07, 6.45) is -0.421. The number of amides is 1. The number of fused-ring (bicyclic) bond motifs is 2. The van der Waals surface area contributed by atoms with Crippen LogP contribution in [0.15, 0.2) is 18.2 Å². The van der Waals surface area contributed by atoms with Gasteiger partial charge in [-0.15, -0.1) is 12.4 Å². The van der Waals surface area contributed by atoms with E-state index in [-0.39, 0.29) is 35.9 Å². The van der Waals surface area contributed by atoms with Crippen LogP contribution in [0.25, 0.3) is 0 Å². The highest BCUT2D eigenvalue weighted by atomic mass is 35.5. The molecule has 2 aliphatic heterocycles. The molecule has 3 rings (SSSR count). The molecule has 0 spiro atoms. The zero-order chi connectivity index (χ0) is 19.4. The van der Waals surface area contributed by atoms with Crippen LogP contribution in [0.1, 0.15) is 31.2 Å². The van der Waals surface area contributed by atoms with Crippen LogP contribution in [0, 0.1) is 0 Å². The highest BCUT2D eigenvalue weighted by Gasteiger charge is 2.37. The number of rotatable bonds is 6. The number of carbonyl (C=O) groups excluding carboxylic acids is 1. The molecule has 2 atom stereocenters. The molecular weight excluding hydrogens is 397 g/mol. The Hall–Kier alpha value is -1.67. The first-order chi connectivity index (χ1) is 12.9. The molecule has 1 amide bonds. The Balaban J connectivity index is 0.00000280. The van der Waals surface area contributed by atoms with Gasteiger partial charge in [0.1, 0.15) is 0 Å². The molecule has 0 radical (unpaired) electrons. The molecule has 9 heteroatoms. The van der Waals surface area contributed by atoms with E-state index >= 15 is 0 Å². The summed E-state index contributed by atoms with van der Waals surface area (Å²) in [6, 6.07) is 5.38. The lowest BCUT2D eigenvalue weighted by atomic mass is 10.1. The van der Waals surface area contributed by atoms with Gasteiger partial charge >= 0.3 is 6.18 Å². The summed E-state index contributed by atoms with van der Waals surface area (Å²) in [5.41, 5.74) is 0.833. The molecule has 28 heavy (non-hydrogen) atoms. The van der Waals surface area contributed by atoms with Gasteiger partial charge in [-0.3, -0.25) is 4.79 Å². The number of methoxy groups -OCH3 is 1. The molecule has 2 unspecified atom stereocenters. The Bertz CT molecular complexity index is 658. The van der Waals surface area contributed by atoms with E-state index in [1.165, 1.54) is 13.2 Å². The van der Waals surface area contributed by atoms with Crippen molar-refractivity contribution in [1.29, 1.82) is 0 Å². The summed E-state index contributed by atoms with van der Waals surface area (Å²) in [7, 11) is 1.38. The number of alkyl halides is 3. The Morgan fingerprint density at radius 3 is 2.68 bits per heavy atom. The minimum atomic E-state index is -4.41. The van der Waals surface area contributed by atoms with Crippen molar-refractivity contribution in [2.75, 3.05) is 26.8 Å². The number of aryl methyl sites for hydroxylation is 1. The van der Waals surface area contributed by atoms with Crippen molar-refractivity contribution in [2.45, 2.75) is 50.4 Å². The third-order valence-corrected chi connectivity index (χ3v) is 5.19. The van der Waals surface area contributed by atoms with Crippen molar-refractivity contribution in [1.82, 2.24) is 10.2 Å². The van der Waals surface area contributed by atoms with E-state index in [4.69, 9.17) is 9.47 Å². The molecule has 1 N–H and O–H groups in total. The Morgan fingerprint density at radius 2 is 1.96 bits per heavy atom. The zero-order valence-electron chi connectivity index (χ0n) is 15.8. The van der Waals surface area contributed by atoms with Crippen LogP contribution in [0.4, 0.5) is 13.2 Å². The quantitative estimate of drug-likeness (QED) is 0.764. The van der Waals surface area contributed by atoms with Crippen molar-refractivity contribution in [3.8, 4) is 11.5 Å². The average Bonchev–Trinajstić information content (AvgIpc) is 2.90. The molecular formula is C19H26ClF3N2O3. The Morgan fingerprint density at radius 1 is 1.21 bits per heavy atom. The topological polar surface area (TPSA) is 50.8 Å². The van der Waals surface area contributed by atoms with Crippen molar-refractivity contribution in [3.63, 3.8) is 0 Å². The first-order valence-electron chi connectivity index (χ1n) is 9.26. The molecule has 5 nitrogen and oxygen atoms in total. The number of nitrogens with one attached hydrogen (secondary N) is 1. The second-order valence-corrected chi connectivity index (χ2v) is 7.07. The second-order valence-electron chi connectivity index (χ2n) is 7.07. The van der Waals surface area contributed by atoms with Crippen molar-refractivity contribution >= 4 is 18.3 Å². The molecule has 1 aromatic rings. The van der Waals surface area contributed by atoms with E-state index < -0.39 is 12.8 Å². The van der Waals surface area contributed by atoms with E-state index in [2.05, 4.69) is 5.32 Å². The predicted octanol–water partition coefficient (Wildman–Crippen LogP) is 3.34. The summed E-state index contributed by atoms with van der Waals surface area (Å²) in [4.78, 5) is 14.8. The molecule has 158 valence electrons. The fourth-order valence-corrected chi connectivity index (χ4v) is 3.92. The van der Waals surface area contributed by atoms with Gasteiger partial charge in [0.05, 0.1) is 7.11 Å². The zero-order valence-corrected chi connectivity index (χ0v) is 16.6. The minimum absolute atomic E-state index is 0. The molecule has 2 aliphatic rings. The van der Waals surface area contributed by atoms with E-state index in [9.17, 15) is 18.0 Å². The number of halogens is 4. The SMILES string of the molecule is COc1cc(CCC(=O)N2C3CCNCC2CC3)ccc1OCC(F)(F)F.Cl. The highest BCUT2D eigenvalue weighted by Crippen LogP contribution is 2.31. The molecule has 0 saturated carbocycles. The van der Waals surface area contributed by atoms with Gasteiger partial charge in [-0.25, -0.2) is 0 Å². The Kier molecular flexibility index (Phi) is 7.83. The lowest BCUT2D eigenvalue weighted by molar-refractivity contribution is -0.153. The van der Waals surface area contributed by atoms with Gasteiger partial charge in [-0.05, 0) is 49.9 Å². The van der Waals surface area contributed by atoms with Crippen LogP contribution in [-0.4, -0.2) is 55.9 Å². The Labute approximate surface area is 169 Å². The van der Waals surface area contributed by atoms with Crippen LogP contribution in [0.3, 0.4) is 0 Å². The largest absolute Gasteiger partial charge is 0.493 e. The van der Waals surface area contributed by atoms with E-state index in [1.54, 1.807) is 12.1 Å². The molecule has 2 bridgehead atoms. The van der Waals surface area contributed by atoms with E-state index in [1.807, 2.05) is 4.90 Å². The summed E-state index contributed by atoms with van der Waals surface area (Å²) in [6.45, 7) is 0.426. The maximum absolute atomic E-state index is 12.7. The normalized spacial score (nSPS) is 21.6. The van der Waals surface area contributed by atoms with Crippen LogP contribution in [0.2, 0.25) is 0 Å². The van der Waals surface area contributed by atoms with Gasteiger partial charge in [0.15, 0.2) is 18.1 Å². The summed E-state index contributed by atoms with van der Waals surface area (Å²) in [5.74, 6) is 0.423. The van der Waals surface area contributed by atoms with Crippen molar-refractivity contribution < 1.29 is 27.4 Å². The number of hydrogen-bond donors (Lipinski definition) is 1. The van der Waals surface area contributed by atoms with Crippen LogP contribution >= 0.6 is 12.4 Å². The predicted molar refractivity (Wildman–Crippen MR) is 101 cm³/mol. The standard InChI is InChI=1S/C19H25F3N2O3.ClH/c1-26-17-10-13(2-6-16(17)27-12-19(20,21)22)3-7-18(25)24-14-4-5-15(24)11-23-9-8-14;/h2,6,10,14-15,23H,3-5,7-9,11-12H2,1H3;1H. The lowest BCUT2D eigenvalue weighted by Gasteiger charge is -2.28. The van der Waals surface area contributed by atoms with Gasteiger partial charge in [-0.1, -0.05) is 6.07 Å². The summed E-state index contributed by atoms with van der Waals surface area (Å²) >= 11 is 0. The smallest absolute Gasteiger partial charge is 0.422 e. The summed E-state index contributed by atoms with van der Waals surface area (Å²) in [5, 5.41) is 3.38. The number of benzene rings is 1. The third-order valence-electron chi connectivity index (χ3n) is 5.19. The van der Waals surface area contributed by atoms with Crippen LogP contribution in [0.5, 0.6) is 11.5 Å². The first kappa shape index (κ1) is 22.6. The van der Waals surface area contributed by atoms with Gasteiger partial charge in [-0.2, -0.15) is 13.2 Å². The van der Waals surface area contributed by atoms with Gasteiger partial charge in [0, 0.05) is 25.0 Å². The molecule has 1 aromatic carbocycles. The molecule has 2 heterocycles. The number of carbonyl (C=O) groups is 1. The minimum Gasteiger partial charge on any atom is -0.493 e. The fraction of sp³-hybridized carbons (Fsp3) is 0.632. The van der Waals surface area contributed by atoms with Crippen LogP contribution in [-0.2, 0) is 11.2 Å². The lowest BCUT2D eigenvalue weighted by Crippen LogP contribution is -2.42. The fourth-order valence-electron chi connectivity index (χ4n) is 3.92. The molecule has 2 saturated heterocycles. The summed E-state index contributed by atoms with van der Waals surface area (Å²) < 4.78 is 46.9. The number of hydrogen-bond acceptors (Lipinski definition) is 4. The monoisotopic (exact) mass is 422 g/mol. The molecule has 2 fully saturated rings. The maximum Gasteiger partial charge on any atom is 0.422 e. The second kappa shape index (κ2) is 9.69. The number of nitrogens with zero attached hydrogens (tertiary/aromatic N) is 1. The molecule has 0 aromatic heterocycles. The van der Waals surface area contributed by atoms with Gasteiger partial charge in [0.25, 0.3) is 0 Å². The first-order valence-corrected chi connectivity index (χ1v) is 9.26. The van der Waals surface area contributed by atoms with Gasteiger partial charge in [0.2, 0.25) is 5.91 Å². The number of ether oxygens (including phenoxy) is 2. The average molecular weight is 423 g/mol. The van der Waals surface area contributed by atoms with Crippen LogP contribution < -0.4 is 14.8 Å².